The molecule has 0 aliphatic carbocycles. The van der Waals surface area contributed by atoms with Crippen LogP contribution in [0.15, 0.2) is 59.5 Å². The van der Waals surface area contributed by atoms with Crippen LogP contribution in [0.1, 0.15) is 38.3 Å². The second-order valence-electron chi connectivity index (χ2n) is 9.77. The molecule has 1 atom stereocenters. The van der Waals surface area contributed by atoms with Crippen LogP contribution in [0.5, 0.6) is 0 Å². The van der Waals surface area contributed by atoms with Crippen LogP contribution in [-0.2, 0) is 20.7 Å². The summed E-state index contributed by atoms with van der Waals surface area (Å²) in [5, 5.41) is 13.9. The normalized spacial score (nSPS) is 17.9. The van der Waals surface area contributed by atoms with Crippen molar-refractivity contribution in [3.63, 3.8) is 0 Å². The number of anilines is 1. The Bertz CT molecular complexity index is 1270. The van der Waals surface area contributed by atoms with E-state index in [-0.39, 0.29) is 5.43 Å². The van der Waals surface area contributed by atoms with Gasteiger partial charge in [-0.2, -0.15) is 13.2 Å². The standard InChI is InChI=1S/C26H29F3N2O4/c1-23(2,17-5-4-6-18(13-17)24(3)34-11-12-35-24)15-25(33,26(27,28)29)16-31-19-7-8-21-20(14-19)22(32)9-10-30-21/h4-10,13-14,31,33H,11-12,15-16H2,1-3H3,(H,30,32). The van der Waals surface area contributed by atoms with E-state index in [1.54, 1.807) is 51.1 Å². The molecule has 2 aromatic carbocycles. The van der Waals surface area contributed by atoms with E-state index in [0.29, 0.717) is 40.9 Å². The first-order valence-electron chi connectivity index (χ1n) is 11.4. The Hall–Kier alpha value is -2.88. The minimum Gasteiger partial charge on any atom is -0.382 e. The molecule has 188 valence electrons. The van der Waals surface area contributed by atoms with E-state index in [1.807, 2.05) is 6.07 Å². The molecule has 1 saturated heterocycles. The highest BCUT2D eigenvalue weighted by Crippen LogP contribution is 2.42. The summed E-state index contributed by atoms with van der Waals surface area (Å²) in [6.45, 7) is 5.19. The highest BCUT2D eigenvalue weighted by atomic mass is 19.4. The molecule has 9 heteroatoms. The third kappa shape index (κ3) is 5.07. The van der Waals surface area contributed by atoms with Crippen LogP contribution in [-0.4, -0.2) is 41.6 Å². The maximum Gasteiger partial charge on any atom is 0.418 e. The Balaban J connectivity index is 1.59. The minimum absolute atomic E-state index is 0.251. The van der Waals surface area contributed by atoms with Gasteiger partial charge in [0, 0.05) is 34.4 Å². The first-order chi connectivity index (χ1) is 16.3. The average Bonchev–Trinajstić information content (AvgIpc) is 3.25. The van der Waals surface area contributed by atoms with Crippen molar-refractivity contribution in [2.75, 3.05) is 25.1 Å². The second kappa shape index (κ2) is 8.96. The van der Waals surface area contributed by atoms with Gasteiger partial charge < -0.3 is 24.9 Å². The topological polar surface area (TPSA) is 83.6 Å². The van der Waals surface area contributed by atoms with Crippen LogP contribution in [0.4, 0.5) is 18.9 Å². The quantitative estimate of drug-likeness (QED) is 0.442. The number of aromatic nitrogens is 1. The molecule has 4 rings (SSSR count). The third-order valence-corrected chi connectivity index (χ3v) is 6.61. The number of hydrogen-bond acceptors (Lipinski definition) is 5. The van der Waals surface area contributed by atoms with Gasteiger partial charge in [-0.3, -0.25) is 4.79 Å². The maximum absolute atomic E-state index is 14.2. The highest BCUT2D eigenvalue weighted by Gasteiger charge is 2.56. The molecule has 1 fully saturated rings. The van der Waals surface area contributed by atoms with Crippen LogP contribution < -0.4 is 10.7 Å². The Morgan fingerprint density at radius 1 is 1.09 bits per heavy atom. The predicted octanol–water partition coefficient (Wildman–Crippen LogP) is 4.82. The van der Waals surface area contributed by atoms with Crippen LogP contribution in [0.25, 0.3) is 10.9 Å². The summed E-state index contributed by atoms with van der Waals surface area (Å²) in [5.74, 6) is -0.956. The monoisotopic (exact) mass is 490 g/mol. The molecule has 0 amide bonds. The molecular formula is C26H29F3N2O4. The Morgan fingerprint density at radius 3 is 2.49 bits per heavy atom. The van der Waals surface area contributed by atoms with Crippen molar-refractivity contribution >= 4 is 16.6 Å². The number of aliphatic hydroxyl groups is 1. The molecule has 6 nitrogen and oxygen atoms in total. The van der Waals surface area contributed by atoms with Crippen molar-refractivity contribution in [1.29, 1.82) is 0 Å². The number of ether oxygens (including phenoxy) is 2. The second-order valence-corrected chi connectivity index (χ2v) is 9.77. The highest BCUT2D eigenvalue weighted by molar-refractivity contribution is 5.81. The molecular weight excluding hydrogens is 461 g/mol. The fourth-order valence-corrected chi connectivity index (χ4v) is 4.53. The number of hydrogen-bond donors (Lipinski definition) is 3. The molecule has 1 unspecified atom stereocenters. The molecule has 0 bridgehead atoms. The number of alkyl halides is 3. The molecule has 1 aliphatic heterocycles. The van der Waals surface area contributed by atoms with E-state index in [9.17, 15) is 23.1 Å². The fourth-order valence-electron chi connectivity index (χ4n) is 4.53. The van der Waals surface area contributed by atoms with E-state index in [2.05, 4.69) is 10.3 Å². The van der Waals surface area contributed by atoms with E-state index in [0.717, 1.165) is 0 Å². The van der Waals surface area contributed by atoms with E-state index >= 15 is 0 Å². The van der Waals surface area contributed by atoms with Crippen LogP contribution in [0.3, 0.4) is 0 Å². The lowest BCUT2D eigenvalue weighted by molar-refractivity contribution is -0.260. The van der Waals surface area contributed by atoms with Gasteiger partial charge >= 0.3 is 6.18 Å². The summed E-state index contributed by atoms with van der Waals surface area (Å²) in [6.07, 6.45) is -3.98. The lowest BCUT2D eigenvalue weighted by atomic mass is 9.74. The van der Waals surface area contributed by atoms with Crippen molar-refractivity contribution in [1.82, 2.24) is 4.98 Å². The van der Waals surface area contributed by atoms with Gasteiger partial charge in [0.15, 0.2) is 16.8 Å². The Kier molecular flexibility index (Phi) is 6.46. The van der Waals surface area contributed by atoms with Crippen LogP contribution in [0, 0.1) is 0 Å². The number of aromatic amines is 1. The number of fused-ring (bicyclic) bond motifs is 1. The van der Waals surface area contributed by atoms with Crippen molar-refractivity contribution < 1.29 is 27.8 Å². The SMILES string of the molecule is CC(C)(CC(O)(CNc1ccc2[nH]ccc(=O)c2c1)C(F)(F)F)c1cccc(C2(C)OCCO2)c1. The van der Waals surface area contributed by atoms with Gasteiger partial charge in [0.25, 0.3) is 0 Å². The van der Waals surface area contributed by atoms with Gasteiger partial charge in [0.2, 0.25) is 0 Å². The first-order valence-corrected chi connectivity index (χ1v) is 11.4. The molecule has 2 heterocycles. The smallest absolute Gasteiger partial charge is 0.382 e. The summed E-state index contributed by atoms with van der Waals surface area (Å²) in [6, 6.07) is 13.1. The summed E-state index contributed by atoms with van der Waals surface area (Å²) < 4.78 is 53.9. The molecule has 1 aliphatic rings. The molecule has 3 N–H and O–H groups in total. The predicted molar refractivity (Wildman–Crippen MR) is 127 cm³/mol. The number of pyridine rings is 1. The summed E-state index contributed by atoms with van der Waals surface area (Å²) >= 11 is 0. The zero-order chi connectivity index (χ0) is 25.5. The molecule has 0 saturated carbocycles. The molecule has 35 heavy (non-hydrogen) atoms. The number of H-pyrrole nitrogens is 1. The van der Waals surface area contributed by atoms with Crippen molar-refractivity contribution in [3.8, 4) is 0 Å². The Morgan fingerprint density at radius 2 is 1.80 bits per heavy atom. The molecule has 0 radical (unpaired) electrons. The van der Waals surface area contributed by atoms with Gasteiger partial charge in [-0.1, -0.05) is 32.0 Å². The molecule has 3 aromatic rings. The number of nitrogens with one attached hydrogen (secondary N) is 2. The fraction of sp³-hybridized carbons (Fsp3) is 0.423. The summed E-state index contributed by atoms with van der Waals surface area (Å²) in [7, 11) is 0. The average molecular weight is 491 g/mol. The van der Waals surface area contributed by atoms with E-state index < -0.39 is 35.9 Å². The van der Waals surface area contributed by atoms with Crippen LogP contribution in [0.2, 0.25) is 0 Å². The largest absolute Gasteiger partial charge is 0.418 e. The van der Waals surface area contributed by atoms with Gasteiger partial charge in [0.05, 0.1) is 19.8 Å². The van der Waals surface area contributed by atoms with E-state index in [4.69, 9.17) is 9.47 Å². The van der Waals surface area contributed by atoms with Crippen molar-refractivity contribution in [2.45, 2.75) is 50.2 Å². The van der Waals surface area contributed by atoms with Gasteiger partial charge in [-0.05, 0) is 48.6 Å². The van der Waals surface area contributed by atoms with E-state index in [1.165, 1.54) is 18.3 Å². The summed E-state index contributed by atoms with van der Waals surface area (Å²) in [5.41, 5.74) is -2.13. The zero-order valence-corrected chi connectivity index (χ0v) is 19.8. The number of halogens is 3. The molecule has 1 aromatic heterocycles. The zero-order valence-electron chi connectivity index (χ0n) is 19.8. The number of benzene rings is 2. The lowest BCUT2D eigenvalue weighted by Crippen LogP contribution is -2.53. The molecule has 0 spiro atoms. The summed E-state index contributed by atoms with van der Waals surface area (Å²) in [4.78, 5) is 15.0. The van der Waals surface area contributed by atoms with Crippen molar-refractivity contribution in [2.24, 2.45) is 0 Å². The first kappa shape index (κ1) is 25.2. The maximum atomic E-state index is 14.2. The van der Waals surface area contributed by atoms with Gasteiger partial charge in [-0.15, -0.1) is 0 Å². The van der Waals surface area contributed by atoms with Gasteiger partial charge in [0.1, 0.15) is 0 Å². The Labute approximate surface area is 201 Å². The van der Waals surface area contributed by atoms with Crippen molar-refractivity contribution in [3.05, 3.63) is 76.1 Å². The third-order valence-electron chi connectivity index (χ3n) is 6.61. The lowest BCUT2D eigenvalue weighted by Gasteiger charge is -2.38. The minimum atomic E-state index is -4.90. The number of rotatable bonds is 7. The van der Waals surface area contributed by atoms with Crippen LogP contribution >= 0.6 is 0 Å². The van der Waals surface area contributed by atoms with Gasteiger partial charge in [-0.25, -0.2) is 0 Å².